The largest absolute Gasteiger partial charge is 0.469 e. The van der Waals surface area contributed by atoms with Gasteiger partial charge in [-0.05, 0) is 51.4 Å². The Morgan fingerprint density at radius 2 is 0.925 bits per heavy atom. The first-order valence-electron chi connectivity index (χ1n) is 14.9. The number of rotatable bonds is 19. The van der Waals surface area contributed by atoms with Crippen molar-refractivity contribution < 1.29 is 28.5 Å². The molecule has 10 nitrogen and oxygen atoms in total. The summed E-state index contributed by atoms with van der Waals surface area (Å²) < 4.78 is 21.3. The minimum absolute atomic E-state index is 0.0482. The molecular weight excluding hydrogens is 512 g/mol. The number of hydrogen-bond donors (Lipinski definition) is 2. The second-order valence-corrected chi connectivity index (χ2v) is 11.7. The Morgan fingerprint density at radius 3 is 1.20 bits per heavy atom. The van der Waals surface area contributed by atoms with Gasteiger partial charge in [-0.15, -0.1) is 0 Å². The maximum absolute atomic E-state index is 12.0. The van der Waals surface area contributed by atoms with E-state index in [1.165, 1.54) is 14.2 Å². The van der Waals surface area contributed by atoms with Gasteiger partial charge in [0, 0.05) is 0 Å². The molecule has 0 spiro atoms. The second kappa shape index (κ2) is 20.4. The molecule has 40 heavy (non-hydrogen) atoms. The summed E-state index contributed by atoms with van der Waals surface area (Å²) in [5.74, 6) is -0.453. The van der Waals surface area contributed by atoms with Gasteiger partial charge in [0.2, 0.25) is 0 Å². The van der Waals surface area contributed by atoms with Crippen LogP contribution in [0.2, 0.25) is 0 Å². The molecule has 4 N–H and O–H groups in total. The van der Waals surface area contributed by atoms with Gasteiger partial charge in [-0.2, -0.15) is 0 Å². The standard InChI is InChI=1S/C30H58N4O6/c1-19(2)23(7)39-29(31)33-25(17-21(5)27(35)37-9)15-13-11-12-14-16-26(18-22(6)28(36)38-10)34-30(32)40-24(8)20(3)4/h19-26H,11-18H2,1-10H3,(H2,31,33)(H2,32,34). The van der Waals surface area contributed by atoms with Crippen molar-refractivity contribution in [1.82, 2.24) is 0 Å². The lowest BCUT2D eigenvalue weighted by Crippen LogP contribution is -2.28. The normalized spacial score (nSPS) is 17.1. The molecule has 0 amide bonds. The fourth-order valence-electron chi connectivity index (χ4n) is 4.07. The Labute approximate surface area is 243 Å². The van der Waals surface area contributed by atoms with E-state index in [2.05, 4.69) is 37.7 Å². The maximum atomic E-state index is 12.0. The van der Waals surface area contributed by atoms with Crippen LogP contribution in [-0.2, 0) is 28.5 Å². The highest BCUT2D eigenvalue weighted by molar-refractivity contribution is 5.73. The van der Waals surface area contributed by atoms with Crippen molar-refractivity contribution in [3.8, 4) is 0 Å². The van der Waals surface area contributed by atoms with Crippen molar-refractivity contribution in [2.45, 2.75) is 131 Å². The summed E-state index contributed by atoms with van der Waals surface area (Å²) in [6.07, 6.45) is 6.40. The summed E-state index contributed by atoms with van der Waals surface area (Å²) in [6.45, 7) is 15.9. The monoisotopic (exact) mass is 570 g/mol. The summed E-state index contributed by atoms with van der Waals surface area (Å²) >= 11 is 0. The summed E-state index contributed by atoms with van der Waals surface area (Å²) in [7, 11) is 2.79. The number of ether oxygens (including phenoxy) is 4. The number of amidine groups is 2. The van der Waals surface area contributed by atoms with E-state index >= 15 is 0 Å². The highest BCUT2D eigenvalue weighted by atomic mass is 16.5. The van der Waals surface area contributed by atoms with E-state index in [0.29, 0.717) is 24.7 Å². The smallest absolute Gasteiger partial charge is 0.308 e. The molecule has 0 aromatic heterocycles. The summed E-state index contributed by atoms with van der Waals surface area (Å²) in [6, 6.07) is 0.0591. The minimum Gasteiger partial charge on any atom is -0.469 e. The van der Waals surface area contributed by atoms with Gasteiger partial charge in [0.15, 0.2) is 0 Å². The van der Waals surface area contributed by atoms with E-state index in [9.17, 15) is 9.59 Å². The van der Waals surface area contributed by atoms with Crippen LogP contribution in [0, 0.1) is 23.7 Å². The molecule has 0 saturated carbocycles. The van der Waals surface area contributed by atoms with E-state index in [4.69, 9.17) is 30.4 Å². The van der Waals surface area contributed by atoms with Crippen LogP contribution in [0.15, 0.2) is 9.98 Å². The van der Waals surface area contributed by atoms with Gasteiger partial charge in [-0.25, -0.2) is 9.98 Å². The molecule has 0 aliphatic carbocycles. The van der Waals surface area contributed by atoms with Gasteiger partial charge in [0.05, 0.1) is 38.1 Å². The molecule has 0 fully saturated rings. The third-order valence-electron chi connectivity index (χ3n) is 7.39. The average molecular weight is 571 g/mol. The van der Waals surface area contributed by atoms with E-state index < -0.39 is 0 Å². The molecule has 6 unspecified atom stereocenters. The van der Waals surface area contributed by atoms with Crippen molar-refractivity contribution in [2.24, 2.45) is 45.1 Å². The lowest BCUT2D eigenvalue weighted by molar-refractivity contribution is -0.146. The highest BCUT2D eigenvalue weighted by Gasteiger charge is 2.22. The van der Waals surface area contributed by atoms with Crippen molar-refractivity contribution in [1.29, 1.82) is 0 Å². The van der Waals surface area contributed by atoms with Gasteiger partial charge in [0.1, 0.15) is 12.2 Å². The van der Waals surface area contributed by atoms with Crippen LogP contribution in [0.3, 0.4) is 0 Å². The summed E-state index contributed by atoms with van der Waals surface area (Å²) in [4.78, 5) is 33.2. The first kappa shape index (κ1) is 37.5. The zero-order chi connectivity index (χ0) is 30.8. The number of carbonyl (C=O) groups is 2. The molecule has 0 bridgehead atoms. The summed E-state index contributed by atoms with van der Waals surface area (Å²) in [5, 5.41) is 0. The number of hydrogen-bond acceptors (Lipinski definition) is 8. The SMILES string of the molecule is COC(=O)C(C)CC(CCCCCCC(CC(C)C(=O)OC)N=C(N)OC(C)C(C)C)N=C(N)OC(C)C(C)C. The zero-order valence-corrected chi connectivity index (χ0v) is 26.8. The molecule has 10 heteroatoms. The van der Waals surface area contributed by atoms with Crippen molar-refractivity contribution in [2.75, 3.05) is 14.2 Å². The topological polar surface area (TPSA) is 148 Å². The molecule has 0 radical (unpaired) electrons. The number of unbranched alkanes of at least 4 members (excludes halogenated alkanes) is 3. The molecule has 6 atom stereocenters. The Balaban J connectivity index is 5.08. The van der Waals surface area contributed by atoms with Crippen molar-refractivity contribution >= 4 is 24.0 Å². The average Bonchev–Trinajstić information content (AvgIpc) is 2.88. The molecular formula is C30H58N4O6. The number of carbonyl (C=O) groups excluding carboxylic acids is 2. The van der Waals surface area contributed by atoms with E-state index in [1.807, 2.05) is 27.7 Å². The maximum Gasteiger partial charge on any atom is 0.308 e. The predicted octanol–water partition coefficient (Wildman–Crippen LogP) is 5.21. The van der Waals surface area contributed by atoms with Crippen LogP contribution >= 0.6 is 0 Å². The van der Waals surface area contributed by atoms with Crippen molar-refractivity contribution in [3.05, 3.63) is 0 Å². The van der Waals surface area contributed by atoms with E-state index in [0.717, 1.165) is 38.5 Å². The predicted molar refractivity (Wildman–Crippen MR) is 161 cm³/mol. The van der Waals surface area contributed by atoms with Crippen LogP contribution < -0.4 is 11.5 Å². The molecule has 0 saturated heterocycles. The fourth-order valence-corrected chi connectivity index (χ4v) is 4.07. The molecule has 0 aromatic carbocycles. The molecule has 0 aliphatic heterocycles. The number of esters is 2. The zero-order valence-electron chi connectivity index (χ0n) is 26.8. The number of nitrogens with two attached hydrogens (primary N) is 2. The first-order valence-corrected chi connectivity index (χ1v) is 14.9. The molecule has 0 aliphatic rings. The van der Waals surface area contributed by atoms with Gasteiger partial charge >= 0.3 is 11.9 Å². The van der Waals surface area contributed by atoms with Crippen LogP contribution in [0.5, 0.6) is 0 Å². The lowest BCUT2D eigenvalue weighted by Gasteiger charge is -2.21. The lowest BCUT2D eigenvalue weighted by atomic mass is 9.95. The molecule has 0 heterocycles. The van der Waals surface area contributed by atoms with Gasteiger partial charge in [-0.1, -0.05) is 67.2 Å². The Morgan fingerprint density at radius 1 is 0.600 bits per heavy atom. The van der Waals surface area contributed by atoms with Crippen LogP contribution in [0.4, 0.5) is 0 Å². The fraction of sp³-hybridized carbons (Fsp3) is 0.867. The third-order valence-corrected chi connectivity index (χ3v) is 7.39. The Hall–Kier alpha value is -2.52. The molecule has 234 valence electrons. The van der Waals surface area contributed by atoms with Gasteiger partial charge < -0.3 is 30.4 Å². The molecule has 0 rings (SSSR count). The van der Waals surface area contributed by atoms with E-state index in [1.54, 1.807) is 0 Å². The van der Waals surface area contributed by atoms with Crippen molar-refractivity contribution in [3.63, 3.8) is 0 Å². The van der Waals surface area contributed by atoms with E-state index in [-0.39, 0.29) is 60.1 Å². The van der Waals surface area contributed by atoms with Gasteiger partial charge in [-0.3, -0.25) is 9.59 Å². The Bertz CT molecular complexity index is 722. The number of methoxy groups -OCH3 is 2. The quantitative estimate of drug-likeness (QED) is 0.0930. The highest BCUT2D eigenvalue weighted by Crippen LogP contribution is 2.21. The second-order valence-electron chi connectivity index (χ2n) is 11.7. The van der Waals surface area contributed by atoms with Gasteiger partial charge in [0.25, 0.3) is 12.0 Å². The van der Waals surface area contributed by atoms with Crippen LogP contribution in [0.1, 0.15) is 107 Å². The first-order chi connectivity index (χ1) is 18.7. The number of aliphatic imine (C=N–C) groups is 2. The van der Waals surface area contributed by atoms with Crippen LogP contribution in [-0.4, -0.2) is 62.5 Å². The minimum atomic E-state index is -0.282. The summed E-state index contributed by atoms with van der Waals surface area (Å²) in [5.41, 5.74) is 12.2. The number of nitrogens with zero attached hydrogens (tertiary/aromatic N) is 2. The molecule has 0 aromatic rings. The van der Waals surface area contributed by atoms with Crippen LogP contribution in [0.25, 0.3) is 0 Å². The Kier molecular flexibility index (Phi) is 19.1. The third kappa shape index (κ3) is 16.6.